The van der Waals surface area contributed by atoms with Crippen LogP contribution < -0.4 is 24.8 Å². The number of aromatic nitrogens is 7. The van der Waals surface area contributed by atoms with E-state index in [9.17, 15) is 0 Å². The molecule has 35 heavy (non-hydrogen) atoms. The molecule has 0 unspecified atom stereocenters. The van der Waals surface area contributed by atoms with Crippen LogP contribution in [0, 0.1) is 0 Å². The van der Waals surface area contributed by atoms with E-state index in [1.165, 1.54) is 6.33 Å². The Morgan fingerprint density at radius 3 is 2.46 bits per heavy atom. The fourth-order valence-corrected chi connectivity index (χ4v) is 3.64. The number of hydrogen-bond donors (Lipinski definition) is 3. The van der Waals surface area contributed by atoms with Gasteiger partial charge >= 0.3 is 0 Å². The Balaban J connectivity index is 1.50. The summed E-state index contributed by atoms with van der Waals surface area (Å²) >= 11 is 0. The third kappa shape index (κ3) is 4.36. The number of nitrogens with zero attached hydrogens (tertiary/aromatic N) is 6. The van der Waals surface area contributed by atoms with E-state index in [0.29, 0.717) is 47.3 Å². The van der Waals surface area contributed by atoms with Crippen molar-refractivity contribution < 1.29 is 14.2 Å². The summed E-state index contributed by atoms with van der Waals surface area (Å²) < 4.78 is 18.1. The fraction of sp³-hybridized carbons (Fsp3) is 0.174. The Hall–Kier alpha value is -4.87. The molecule has 0 aliphatic heterocycles. The van der Waals surface area contributed by atoms with Crippen LogP contribution in [0.2, 0.25) is 0 Å². The van der Waals surface area contributed by atoms with Crippen LogP contribution in [0.25, 0.3) is 17.0 Å². The lowest BCUT2D eigenvalue weighted by Crippen LogP contribution is -2.11. The van der Waals surface area contributed by atoms with Gasteiger partial charge in [-0.25, -0.2) is 24.5 Å². The van der Waals surface area contributed by atoms with Crippen LogP contribution in [0.5, 0.6) is 17.2 Å². The van der Waals surface area contributed by atoms with E-state index in [4.69, 9.17) is 19.2 Å². The number of nitrogens with one attached hydrogen (secondary N) is 3. The van der Waals surface area contributed by atoms with Crippen LogP contribution in [0.4, 0.5) is 17.6 Å². The topological polar surface area (TPSA) is 137 Å². The van der Waals surface area contributed by atoms with Crippen molar-refractivity contribution in [3.05, 3.63) is 60.9 Å². The molecule has 2 aromatic carbocycles. The summed E-state index contributed by atoms with van der Waals surface area (Å²) in [5, 5.41) is 6.49. The number of H-pyrrole nitrogens is 1. The first-order chi connectivity index (χ1) is 17.2. The van der Waals surface area contributed by atoms with E-state index in [-0.39, 0.29) is 0 Å². The van der Waals surface area contributed by atoms with Crippen LogP contribution in [-0.4, -0.2) is 55.8 Å². The first-order valence-electron chi connectivity index (χ1n) is 10.7. The molecule has 0 saturated heterocycles. The molecule has 0 aliphatic rings. The standard InChI is InChI=1S/C23H23N9O3/c1-33-17-10-14(11-18(34-2)20(17)35-3)29-21-27-13-28-23(31-21)32-16-7-5-4-6-15(16)30-22(32)26-12-19-24-8-9-25-19/h4-11,13H,12H2,1-3H3,(H,24,25)(H,26,30)(H,27,28,29,31). The predicted molar refractivity (Wildman–Crippen MR) is 130 cm³/mol. The van der Waals surface area contributed by atoms with Gasteiger partial charge in [0.2, 0.25) is 23.6 Å². The maximum absolute atomic E-state index is 5.43. The smallest absolute Gasteiger partial charge is 0.241 e. The molecule has 5 aromatic rings. The van der Waals surface area contributed by atoms with Gasteiger partial charge in [0.25, 0.3) is 0 Å². The van der Waals surface area contributed by atoms with E-state index in [2.05, 4.69) is 35.6 Å². The fourth-order valence-electron chi connectivity index (χ4n) is 3.64. The number of fused-ring (bicyclic) bond motifs is 1. The average Bonchev–Trinajstić information content (AvgIpc) is 3.54. The number of imidazole rings is 2. The quantitative estimate of drug-likeness (QED) is 0.292. The van der Waals surface area contributed by atoms with Crippen molar-refractivity contribution in [1.29, 1.82) is 0 Å². The Morgan fingerprint density at radius 2 is 1.74 bits per heavy atom. The second-order valence-corrected chi connectivity index (χ2v) is 7.30. The van der Waals surface area contributed by atoms with Gasteiger partial charge in [-0.15, -0.1) is 0 Å². The number of hydrogen-bond acceptors (Lipinski definition) is 10. The minimum absolute atomic E-state index is 0.332. The summed E-state index contributed by atoms with van der Waals surface area (Å²) in [6.07, 6.45) is 4.91. The molecule has 3 heterocycles. The van der Waals surface area contributed by atoms with Crippen molar-refractivity contribution in [2.75, 3.05) is 32.0 Å². The lowest BCUT2D eigenvalue weighted by molar-refractivity contribution is 0.324. The van der Waals surface area contributed by atoms with Gasteiger partial charge in [0, 0.05) is 30.2 Å². The summed E-state index contributed by atoms with van der Waals surface area (Å²) in [6.45, 7) is 0.456. The molecule has 178 valence electrons. The van der Waals surface area contributed by atoms with E-state index in [1.54, 1.807) is 45.9 Å². The molecule has 12 nitrogen and oxygen atoms in total. The highest BCUT2D eigenvalue weighted by atomic mass is 16.5. The number of para-hydroxylation sites is 2. The first-order valence-corrected chi connectivity index (χ1v) is 10.7. The van der Waals surface area contributed by atoms with E-state index in [0.717, 1.165) is 16.9 Å². The summed E-state index contributed by atoms with van der Waals surface area (Å²) in [6, 6.07) is 11.3. The lowest BCUT2D eigenvalue weighted by Gasteiger charge is -2.15. The molecule has 0 radical (unpaired) electrons. The Labute approximate surface area is 200 Å². The Bertz CT molecular complexity index is 1430. The van der Waals surface area contributed by atoms with Gasteiger partial charge in [0.05, 0.1) is 38.9 Å². The van der Waals surface area contributed by atoms with E-state index < -0.39 is 0 Å². The SMILES string of the molecule is COc1cc(Nc2ncnc(-n3c(NCc4ncc[nH]4)nc4ccccc43)n2)cc(OC)c1OC. The maximum atomic E-state index is 5.43. The lowest BCUT2D eigenvalue weighted by atomic mass is 10.2. The molecule has 0 saturated carbocycles. The second kappa shape index (κ2) is 9.55. The summed E-state index contributed by atoms with van der Waals surface area (Å²) in [5.41, 5.74) is 2.30. The zero-order valence-electron chi connectivity index (χ0n) is 19.3. The van der Waals surface area contributed by atoms with Gasteiger partial charge in [-0.3, -0.25) is 0 Å². The number of aromatic amines is 1. The van der Waals surface area contributed by atoms with Crippen LogP contribution in [0.3, 0.4) is 0 Å². The number of rotatable bonds is 9. The zero-order valence-corrected chi connectivity index (χ0v) is 19.3. The minimum Gasteiger partial charge on any atom is -0.493 e. The Morgan fingerprint density at radius 1 is 0.943 bits per heavy atom. The first kappa shape index (κ1) is 21.9. The van der Waals surface area contributed by atoms with Gasteiger partial charge < -0.3 is 29.8 Å². The number of methoxy groups -OCH3 is 3. The highest BCUT2D eigenvalue weighted by Gasteiger charge is 2.17. The highest BCUT2D eigenvalue weighted by Crippen LogP contribution is 2.40. The highest BCUT2D eigenvalue weighted by molar-refractivity contribution is 5.80. The Kier molecular flexibility index (Phi) is 5.99. The van der Waals surface area contributed by atoms with Gasteiger partial charge in [-0.05, 0) is 12.1 Å². The molecular formula is C23H23N9O3. The molecule has 0 amide bonds. The average molecular weight is 473 g/mol. The molecule has 3 aromatic heterocycles. The summed E-state index contributed by atoms with van der Waals surface area (Å²) in [5.74, 6) is 3.59. The number of ether oxygens (including phenoxy) is 3. The molecule has 5 rings (SSSR count). The minimum atomic E-state index is 0.332. The largest absolute Gasteiger partial charge is 0.493 e. The number of benzene rings is 2. The molecule has 3 N–H and O–H groups in total. The normalized spacial score (nSPS) is 10.8. The zero-order chi connectivity index (χ0) is 24.2. The van der Waals surface area contributed by atoms with E-state index >= 15 is 0 Å². The van der Waals surface area contributed by atoms with Gasteiger partial charge in [-0.1, -0.05) is 12.1 Å². The van der Waals surface area contributed by atoms with E-state index in [1.807, 2.05) is 28.8 Å². The monoisotopic (exact) mass is 473 g/mol. The molecular weight excluding hydrogens is 450 g/mol. The molecule has 0 spiro atoms. The summed E-state index contributed by atoms with van der Waals surface area (Å²) in [7, 11) is 4.67. The predicted octanol–water partition coefficient (Wildman–Crippen LogP) is 3.32. The third-order valence-electron chi connectivity index (χ3n) is 5.21. The van der Waals surface area contributed by atoms with Crippen molar-refractivity contribution in [3.63, 3.8) is 0 Å². The summed E-state index contributed by atoms with van der Waals surface area (Å²) in [4.78, 5) is 25.3. The maximum Gasteiger partial charge on any atom is 0.241 e. The van der Waals surface area contributed by atoms with Crippen LogP contribution in [0.1, 0.15) is 5.82 Å². The van der Waals surface area contributed by atoms with Gasteiger partial charge in [0.1, 0.15) is 12.2 Å². The van der Waals surface area contributed by atoms with Crippen LogP contribution in [0.15, 0.2) is 55.1 Å². The number of anilines is 3. The van der Waals surface area contributed by atoms with Crippen molar-refractivity contribution >= 4 is 28.6 Å². The van der Waals surface area contributed by atoms with Crippen LogP contribution in [-0.2, 0) is 6.54 Å². The molecule has 0 atom stereocenters. The molecule has 0 fully saturated rings. The molecule has 0 aliphatic carbocycles. The second-order valence-electron chi connectivity index (χ2n) is 7.30. The van der Waals surface area contributed by atoms with Crippen LogP contribution >= 0.6 is 0 Å². The molecule has 0 bridgehead atoms. The van der Waals surface area contributed by atoms with Crippen molar-refractivity contribution in [3.8, 4) is 23.2 Å². The molecule has 12 heteroatoms. The van der Waals surface area contributed by atoms with Gasteiger partial charge in [-0.2, -0.15) is 4.98 Å². The van der Waals surface area contributed by atoms with Crippen molar-refractivity contribution in [2.45, 2.75) is 6.54 Å². The van der Waals surface area contributed by atoms with Gasteiger partial charge in [0.15, 0.2) is 11.5 Å². The van der Waals surface area contributed by atoms with Crippen molar-refractivity contribution in [1.82, 2.24) is 34.5 Å². The van der Waals surface area contributed by atoms with Crippen molar-refractivity contribution in [2.24, 2.45) is 0 Å². The third-order valence-corrected chi connectivity index (χ3v) is 5.21.